The summed E-state index contributed by atoms with van der Waals surface area (Å²) in [5.41, 5.74) is 0.997. The van der Waals surface area contributed by atoms with Crippen LogP contribution in [0.2, 0.25) is 0 Å². The van der Waals surface area contributed by atoms with Crippen LogP contribution in [0, 0.1) is 5.82 Å². The zero-order chi connectivity index (χ0) is 13.7. The molecule has 4 heteroatoms. The Morgan fingerprint density at radius 3 is 2.84 bits per heavy atom. The molecule has 1 aliphatic heterocycles. The summed E-state index contributed by atoms with van der Waals surface area (Å²) in [6.45, 7) is 1.44. The SMILES string of the molecule is COC[C@H]1CCCN1C(=O)CCc1ccc(F)cc1. The lowest BCUT2D eigenvalue weighted by atomic mass is 10.1. The van der Waals surface area contributed by atoms with Gasteiger partial charge in [-0.1, -0.05) is 12.1 Å². The van der Waals surface area contributed by atoms with Gasteiger partial charge in [0.1, 0.15) is 5.82 Å². The van der Waals surface area contributed by atoms with Gasteiger partial charge in [-0.3, -0.25) is 4.79 Å². The van der Waals surface area contributed by atoms with Crippen molar-refractivity contribution in [1.29, 1.82) is 0 Å². The van der Waals surface area contributed by atoms with E-state index in [1.165, 1.54) is 12.1 Å². The van der Waals surface area contributed by atoms with E-state index in [1.807, 2.05) is 4.90 Å². The van der Waals surface area contributed by atoms with Gasteiger partial charge in [0.2, 0.25) is 5.91 Å². The van der Waals surface area contributed by atoms with E-state index in [0.717, 1.165) is 24.9 Å². The number of nitrogens with zero attached hydrogens (tertiary/aromatic N) is 1. The molecule has 1 aliphatic rings. The molecule has 0 saturated carbocycles. The summed E-state index contributed by atoms with van der Waals surface area (Å²) in [7, 11) is 1.67. The molecule has 0 aromatic heterocycles. The molecule has 0 spiro atoms. The van der Waals surface area contributed by atoms with Gasteiger partial charge in [0.05, 0.1) is 12.6 Å². The van der Waals surface area contributed by atoms with Crippen molar-refractivity contribution in [2.45, 2.75) is 31.7 Å². The van der Waals surface area contributed by atoms with E-state index in [2.05, 4.69) is 0 Å². The maximum atomic E-state index is 12.8. The Bertz CT molecular complexity index is 419. The molecule has 3 nitrogen and oxygen atoms in total. The molecule has 0 aliphatic carbocycles. The summed E-state index contributed by atoms with van der Waals surface area (Å²) in [6, 6.07) is 6.57. The third-order valence-corrected chi connectivity index (χ3v) is 3.60. The number of hydrogen-bond donors (Lipinski definition) is 0. The van der Waals surface area contributed by atoms with E-state index >= 15 is 0 Å². The molecule has 1 saturated heterocycles. The van der Waals surface area contributed by atoms with Gasteiger partial charge in [-0.2, -0.15) is 0 Å². The van der Waals surface area contributed by atoms with Gasteiger partial charge in [0.25, 0.3) is 0 Å². The van der Waals surface area contributed by atoms with Crippen LogP contribution in [-0.2, 0) is 16.0 Å². The highest BCUT2D eigenvalue weighted by atomic mass is 19.1. The minimum absolute atomic E-state index is 0.170. The number of ether oxygens (including phenoxy) is 1. The van der Waals surface area contributed by atoms with Gasteiger partial charge in [0.15, 0.2) is 0 Å². The van der Waals surface area contributed by atoms with Crippen LogP contribution >= 0.6 is 0 Å². The first-order valence-corrected chi connectivity index (χ1v) is 6.73. The second kappa shape index (κ2) is 6.66. The number of carbonyl (C=O) groups excluding carboxylic acids is 1. The van der Waals surface area contributed by atoms with Gasteiger partial charge >= 0.3 is 0 Å². The molecule has 1 fully saturated rings. The Labute approximate surface area is 113 Å². The Balaban J connectivity index is 1.85. The minimum Gasteiger partial charge on any atom is -0.383 e. The lowest BCUT2D eigenvalue weighted by molar-refractivity contribution is -0.132. The van der Waals surface area contributed by atoms with Crippen molar-refractivity contribution in [2.75, 3.05) is 20.3 Å². The maximum absolute atomic E-state index is 12.8. The number of aryl methyl sites for hydroxylation is 1. The van der Waals surface area contributed by atoms with E-state index in [9.17, 15) is 9.18 Å². The Kier molecular flexibility index (Phi) is 4.91. The molecule has 1 heterocycles. The van der Waals surface area contributed by atoms with Crippen molar-refractivity contribution < 1.29 is 13.9 Å². The Hall–Kier alpha value is -1.42. The average Bonchev–Trinajstić information content (AvgIpc) is 2.86. The highest BCUT2D eigenvalue weighted by Crippen LogP contribution is 2.19. The molecule has 19 heavy (non-hydrogen) atoms. The molecule has 1 aromatic carbocycles. The number of hydrogen-bond acceptors (Lipinski definition) is 2. The molecular formula is C15H20FNO2. The number of benzene rings is 1. The molecule has 0 unspecified atom stereocenters. The van der Waals surface area contributed by atoms with Crippen LogP contribution in [-0.4, -0.2) is 37.1 Å². The maximum Gasteiger partial charge on any atom is 0.223 e. The first-order valence-electron chi connectivity index (χ1n) is 6.73. The first-order chi connectivity index (χ1) is 9.20. The van der Waals surface area contributed by atoms with Crippen LogP contribution in [0.3, 0.4) is 0 Å². The van der Waals surface area contributed by atoms with E-state index in [-0.39, 0.29) is 17.8 Å². The van der Waals surface area contributed by atoms with Crippen molar-refractivity contribution in [1.82, 2.24) is 4.90 Å². The van der Waals surface area contributed by atoms with Crippen LogP contribution in [0.1, 0.15) is 24.8 Å². The summed E-state index contributed by atoms with van der Waals surface area (Å²) in [5, 5.41) is 0. The van der Waals surface area contributed by atoms with Gasteiger partial charge in [-0.15, -0.1) is 0 Å². The van der Waals surface area contributed by atoms with Crippen LogP contribution < -0.4 is 0 Å². The minimum atomic E-state index is -0.241. The first kappa shape index (κ1) is 14.0. The smallest absolute Gasteiger partial charge is 0.223 e. The number of amides is 1. The van der Waals surface area contributed by atoms with Crippen molar-refractivity contribution >= 4 is 5.91 Å². The predicted molar refractivity (Wildman–Crippen MR) is 71.3 cm³/mol. The highest BCUT2D eigenvalue weighted by molar-refractivity contribution is 5.77. The fourth-order valence-electron chi connectivity index (χ4n) is 2.58. The van der Waals surface area contributed by atoms with Crippen LogP contribution in [0.15, 0.2) is 24.3 Å². The second-order valence-corrected chi connectivity index (χ2v) is 4.96. The average molecular weight is 265 g/mol. The van der Waals surface area contributed by atoms with E-state index < -0.39 is 0 Å². The Morgan fingerprint density at radius 2 is 2.16 bits per heavy atom. The molecule has 2 rings (SSSR count). The van der Waals surface area contributed by atoms with Gasteiger partial charge in [0, 0.05) is 20.1 Å². The van der Waals surface area contributed by atoms with Gasteiger partial charge in [-0.05, 0) is 37.0 Å². The van der Waals surface area contributed by atoms with Crippen molar-refractivity contribution in [3.63, 3.8) is 0 Å². The van der Waals surface area contributed by atoms with Crippen LogP contribution in [0.25, 0.3) is 0 Å². The van der Waals surface area contributed by atoms with Crippen molar-refractivity contribution in [3.05, 3.63) is 35.6 Å². The molecule has 0 N–H and O–H groups in total. The van der Waals surface area contributed by atoms with E-state index in [0.29, 0.717) is 19.4 Å². The molecule has 104 valence electrons. The lowest BCUT2D eigenvalue weighted by Crippen LogP contribution is -2.38. The highest BCUT2D eigenvalue weighted by Gasteiger charge is 2.27. The molecule has 1 amide bonds. The quantitative estimate of drug-likeness (QED) is 0.818. The molecular weight excluding hydrogens is 245 g/mol. The topological polar surface area (TPSA) is 29.5 Å². The number of halogens is 1. The van der Waals surface area contributed by atoms with Crippen molar-refractivity contribution in [3.8, 4) is 0 Å². The number of rotatable bonds is 5. The van der Waals surface area contributed by atoms with E-state index in [4.69, 9.17) is 4.74 Å². The Morgan fingerprint density at radius 1 is 1.42 bits per heavy atom. The van der Waals surface area contributed by atoms with Crippen LogP contribution in [0.5, 0.6) is 0 Å². The summed E-state index contributed by atoms with van der Waals surface area (Å²) in [5.74, 6) is -0.0707. The third-order valence-electron chi connectivity index (χ3n) is 3.60. The third kappa shape index (κ3) is 3.77. The lowest BCUT2D eigenvalue weighted by Gasteiger charge is -2.24. The molecule has 0 radical (unpaired) electrons. The van der Waals surface area contributed by atoms with Gasteiger partial charge < -0.3 is 9.64 Å². The standard InChI is InChI=1S/C15H20FNO2/c1-19-11-14-3-2-10-17(14)15(18)9-6-12-4-7-13(16)8-5-12/h4-5,7-8,14H,2-3,6,9-11H2,1H3/t14-/m1/s1. The monoisotopic (exact) mass is 265 g/mol. The zero-order valence-corrected chi connectivity index (χ0v) is 11.3. The van der Waals surface area contributed by atoms with E-state index in [1.54, 1.807) is 19.2 Å². The van der Waals surface area contributed by atoms with Crippen LogP contribution in [0.4, 0.5) is 4.39 Å². The normalized spacial score (nSPS) is 18.8. The summed E-state index contributed by atoms with van der Waals surface area (Å²) in [4.78, 5) is 14.1. The van der Waals surface area contributed by atoms with Crippen molar-refractivity contribution in [2.24, 2.45) is 0 Å². The fourth-order valence-corrected chi connectivity index (χ4v) is 2.58. The molecule has 1 aromatic rings. The fraction of sp³-hybridized carbons (Fsp3) is 0.533. The predicted octanol–water partition coefficient (Wildman–Crippen LogP) is 2.40. The summed E-state index contributed by atoms with van der Waals surface area (Å²) < 4.78 is 17.9. The second-order valence-electron chi connectivity index (χ2n) is 4.96. The largest absolute Gasteiger partial charge is 0.383 e. The van der Waals surface area contributed by atoms with Gasteiger partial charge in [-0.25, -0.2) is 4.39 Å². The number of likely N-dealkylation sites (tertiary alicyclic amines) is 1. The summed E-state index contributed by atoms with van der Waals surface area (Å²) in [6.07, 6.45) is 3.22. The molecule has 0 bridgehead atoms. The molecule has 1 atom stereocenters. The number of carbonyl (C=O) groups is 1. The number of methoxy groups -OCH3 is 1. The zero-order valence-electron chi connectivity index (χ0n) is 11.3. The summed E-state index contributed by atoms with van der Waals surface area (Å²) >= 11 is 0.